The minimum Gasteiger partial charge on any atom is -0.283 e. The van der Waals surface area contributed by atoms with Crippen molar-refractivity contribution in [2.75, 3.05) is 0 Å². The van der Waals surface area contributed by atoms with Gasteiger partial charge < -0.3 is 0 Å². The highest BCUT2D eigenvalue weighted by Gasteiger charge is 2.11. The van der Waals surface area contributed by atoms with Crippen molar-refractivity contribution in [3.05, 3.63) is 68.8 Å². The Balaban J connectivity index is 1.94. The number of hydrogen-bond acceptors (Lipinski definition) is 4. The summed E-state index contributed by atoms with van der Waals surface area (Å²) in [4.78, 5) is 17.9. The predicted octanol–water partition coefficient (Wildman–Crippen LogP) is 4.70. The number of aromatic nitrogens is 2. The number of hydrogen-bond donors (Lipinski definition) is 0. The molecule has 2 aromatic heterocycles. The van der Waals surface area contributed by atoms with Gasteiger partial charge in [0.2, 0.25) is 0 Å². The Morgan fingerprint density at radius 1 is 1.32 bits per heavy atom. The van der Waals surface area contributed by atoms with Crippen molar-refractivity contribution in [3.8, 4) is 0 Å². The minimum atomic E-state index is 0.00413. The molecule has 0 aliphatic heterocycles. The molecule has 0 amide bonds. The summed E-state index contributed by atoms with van der Waals surface area (Å²) in [6, 6.07) is 10.00. The number of benzene rings is 1. The zero-order valence-electron chi connectivity index (χ0n) is 11.7. The molecule has 0 aliphatic carbocycles. The molecule has 2 heterocycles. The molecule has 3 nitrogen and oxygen atoms in total. The summed E-state index contributed by atoms with van der Waals surface area (Å²) in [5, 5.41) is 3.32. The zero-order chi connectivity index (χ0) is 15.5. The van der Waals surface area contributed by atoms with Gasteiger partial charge >= 0.3 is 0 Å². The maximum atomic E-state index is 12.5. The lowest BCUT2D eigenvalue weighted by Gasteiger charge is -2.10. The predicted molar refractivity (Wildman–Crippen MR) is 97.8 cm³/mol. The first-order valence-corrected chi connectivity index (χ1v) is 9.31. The van der Waals surface area contributed by atoms with E-state index in [9.17, 15) is 4.79 Å². The second-order valence-corrected chi connectivity index (χ2v) is 7.41. The molecule has 0 N–H and O–H groups in total. The summed E-state index contributed by atoms with van der Waals surface area (Å²) in [5.74, 6) is 0.772. The summed E-state index contributed by atoms with van der Waals surface area (Å²) in [6.07, 6.45) is 1.73. The molecule has 22 heavy (non-hydrogen) atoms. The molecular weight excluding hydrogens is 380 g/mol. The Bertz CT molecular complexity index is 868. The highest BCUT2D eigenvalue weighted by Crippen LogP contribution is 2.24. The van der Waals surface area contributed by atoms with Gasteiger partial charge in [0.05, 0.1) is 5.39 Å². The van der Waals surface area contributed by atoms with Gasteiger partial charge in [-0.25, -0.2) is 4.98 Å². The molecule has 3 rings (SSSR count). The van der Waals surface area contributed by atoms with Crippen LogP contribution in [0.15, 0.2) is 62.8 Å². The lowest BCUT2D eigenvalue weighted by atomic mass is 10.2. The normalized spacial score (nSPS) is 11.0. The van der Waals surface area contributed by atoms with Gasteiger partial charge in [-0.2, -0.15) is 0 Å². The number of halogens is 1. The van der Waals surface area contributed by atoms with Gasteiger partial charge in [-0.05, 0) is 29.1 Å². The zero-order valence-corrected chi connectivity index (χ0v) is 14.9. The third-order valence-corrected chi connectivity index (χ3v) is 5.52. The van der Waals surface area contributed by atoms with Crippen LogP contribution in [0.3, 0.4) is 0 Å². The largest absolute Gasteiger partial charge is 0.283 e. The van der Waals surface area contributed by atoms with Gasteiger partial charge in [-0.3, -0.25) is 9.36 Å². The van der Waals surface area contributed by atoms with Crippen LogP contribution in [-0.4, -0.2) is 9.55 Å². The topological polar surface area (TPSA) is 34.9 Å². The summed E-state index contributed by atoms with van der Waals surface area (Å²) >= 11 is 6.50. The van der Waals surface area contributed by atoms with E-state index in [1.807, 2.05) is 23.6 Å². The first-order valence-electron chi connectivity index (χ1n) is 6.65. The van der Waals surface area contributed by atoms with Crippen LogP contribution in [0.5, 0.6) is 0 Å². The second kappa shape index (κ2) is 6.81. The van der Waals surface area contributed by atoms with Crippen LogP contribution in [0.25, 0.3) is 10.2 Å². The molecule has 6 heteroatoms. The van der Waals surface area contributed by atoms with E-state index in [0.717, 1.165) is 20.2 Å². The van der Waals surface area contributed by atoms with Crippen molar-refractivity contribution < 1.29 is 0 Å². The van der Waals surface area contributed by atoms with E-state index in [0.29, 0.717) is 11.9 Å². The molecule has 112 valence electrons. The van der Waals surface area contributed by atoms with Crippen molar-refractivity contribution in [2.24, 2.45) is 0 Å². The van der Waals surface area contributed by atoms with Crippen molar-refractivity contribution in [2.45, 2.75) is 17.5 Å². The average Bonchev–Trinajstić information content (AvgIpc) is 2.99. The van der Waals surface area contributed by atoms with Crippen LogP contribution in [0.4, 0.5) is 0 Å². The van der Waals surface area contributed by atoms with Crippen LogP contribution in [0.2, 0.25) is 0 Å². The van der Waals surface area contributed by atoms with Crippen LogP contribution >= 0.6 is 39.0 Å². The first-order chi connectivity index (χ1) is 10.7. The third-order valence-electron chi connectivity index (χ3n) is 3.14. The summed E-state index contributed by atoms with van der Waals surface area (Å²) in [6.45, 7) is 4.21. The molecule has 1 aromatic carbocycles. The van der Waals surface area contributed by atoms with Crippen LogP contribution in [0, 0.1) is 0 Å². The third kappa shape index (κ3) is 3.19. The van der Waals surface area contributed by atoms with Crippen molar-refractivity contribution in [1.82, 2.24) is 9.55 Å². The summed E-state index contributed by atoms with van der Waals surface area (Å²) in [5.41, 5.74) is 1.20. The molecule has 3 aromatic rings. The molecule has 0 saturated carbocycles. The standard InChI is InChI=1S/C16H13BrN2OS2/c1-2-8-19-15(20)13-7-9-21-14(13)18-16(19)22-10-11-3-5-12(17)6-4-11/h2-7,9H,1,8,10H2. The second-order valence-electron chi connectivity index (χ2n) is 4.65. The molecule has 0 spiro atoms. The number of thioether (sulfide) groups is 1. The smallest absolute Gasteiger partial charge is 0.263 e. The Kier molecular flexibility index (Phi) is 4.81. The van der Waals surface area contributed by atoms with E-state index in [1.54, 1.807) is 22.4 Å². The van der Waals surface area contributed by atoms with Crippen molar-refractivity contribution >= 4 is 49.2 Å². The number of thiophene rings is 1. The molecule has 0 aliphatic rings. The lowest BCUT2D eigenvalue weighted by Crippen LogP contribution is -2.22. The fourth-order valence-corrected chi connectivity index (χ4v) is 4.09. The van der Waals surface area contributed by atoms with E-state index in [4.69, 9.17) is 0 Å². The maximum Gasteiger partial charge on any atom is 0.263 e. The average molecular weight is 393 g/mol. The Hall–Kier alpha value is -1.37. The first kappa shape index (κ1) is 15.5. The fourth-order valence-electron chi connectivity index (χ4n) is 2.06. The van der Waals surface area contributed by atoms with Crippen LogP contribution in [0.1, 0.15) is 5.56 Å². The van der Waals surface area contributed by atoms with Gasteiger partial charge in [0.15, 0.2) is 5.16 Å². The Morgan fingerprint density at radius 3 is 2.82 bits per heavy atom. The number of nitrogens with zero attached hydrogens (tertiary/aromatic N) is 2. The molecule has 0 bridgehead atoms. The Morgan fingerprint density at radius 2 is 2.09 bits per heavy atom. The molecule has 0 atom stereocenters. The molecule has 0 radical (unpaired) electrons. The summed E-state index contributed by atoms with van der Waals surface area (Å²) in [7, 11) is 0. The minimum absolute atomic E-state index is 0.00413. The van der Waals surface area contributed by atoms with Gasteiger partial charge in [0, 0.05) is 16.8 Å². The van der Waals surface area contributed by atoms with Gasteiger partial charge in [0.25, 0.3) is 5.56 Å². The monoisotopic (exact) mass is 392 g/mol. The van der Waals surface area contributed by atoms with Crippen LogP contribution in [-0.2, 0) is 12.3 Å². The maximum absolute atomic E-state index is 12.5. The Labute approximate surface area is 144 Å². The van der Waals surface area contributed by atoms with E-state index in [-0.39, 0.29) is 5.56 Å². The highest BCUT2D eigenvalue weighted by molar-refractivity contribution is 9.10. The van der Waals surface area contributed by atoms with Gasteiger partial charge in [0.1, 0.15) is 4.83 Å². The van der Waals surface area contributed by atoms with E-state index in [1.165, 1.54) is 16.9 Å². The van der Waals surface area contributed by atoms with Crippen molar-refractivity contribution in [3.63, 3.8) is 0 Å². The summed E-state index contributed by atoms with van der Waals surface area (Å²) < 4.78 is 2.74. The van der Waals surface area contributed by atoms with Gasteiger partial charge in [-0.1, -0.05) is 45.9 Å². The lowest BCUT2D eigenvalue weighted by molar-refractivity contribution is 0.673. The molecule has 0 fully saturated rings. The molecule has 0 saturated heterocycles. The van der Waals surface area contributed by atoms with E-state index < -0.39 is 0 Å². The van der Waals surface area contributed by atoms with Crippen LogP contribution < -0.4 is 5.56 Å². The molecular formula is C16H13BrN2OS2. The van der Waals surface area contributed by atoms with Gasteiger partial charge in [-0.15, -0.1) is 17.9 Å². The van der Waals surface area contributed by atoms with E-state index in [2.05, 4.69) is 39.6 Å². The number of fused-ring (bicyclic) bond motifs is 1. The number of allylic oxidation sites excluding steroid dienone is 1. The van der Waals surface area contributed by atoms with E-state index >= 15 is 0 Å². The number of rotatable bonds is 5. The molecule has 0 unspecified atom stereocenters. The highest BCUT2D eigenvalue weighted by atomic mass is 79.9. The quantitative estimate of drug-likeness (QED) is 0.358. The van der Waals surface area contributed by atoms with Crippen molar-refractivity contribution in [1.29, 1.82) is 0 Å². The SMILES string of the molecule is C=CCn1c(SCc2ccc(Br)cc2)nc2sccc2c1=O. The fraction of sp³-hybridized carbons (Fsp3) is 0.125.